The molecule has 4 saturated carbocycles. The summed E-state index contributed by atoms with van der Waals surface area (Å²) in [5.74, 6) is 3.77. The number of amides is 1. The van der Waals surface area contributed by atoms with Gasteiger partial charge in [-0.1, -0.05) is 29.8 Å². The number of carbonyl (C=O) groups is 1. The lowest BCUT2D eigenvalue weighted by atomic mass is 9.54. The Kier molecular flexibility index (Phi) is 3.71. The summed E-state index contributed by atoms with van der Waals surface area (Å²) in [6, 6.07) is 9.03. The van der Waals surface area contributed by atoms with Crippen LogP contribution < -0.4 is 5.32 Å². The van der Waals surface area contributed by atoms with E-state index in [0.29, 0.717) is 12.5 Å². The van der Waals surface area contributed by atoms with Crippen molar-refractivity contribution >= 4 is 5.91 Å². The lowest BCUT2D eigenvalue weighted by Gasteiger charge is -2.54. The predicted molar refractivity (Wildman–Crippen MR) is 88.5 cm³/mol. The average molecular weight is 297 g/mol. The smallest absolute Gasteiger partial charge is 0.220 e. The molecule has 0 saturated heterocycles. The summed E-state index contributed by atoms with van der Waals surface area (Å²) < 4.78 is 0. The fourth-order valence-corrected chi connectivity index (χ4v) is 5.43. The lowest BCUT2D eigenvalue weighted by Crippen LogP contribution is -2.55. The molecule has 4 bridgehead atoms. The zero-order chi connectivity index (χ0) is 15.1. The van der Waals surface area contributed by atoms with E-state index in [4.69, 9.17) is 0 Å². The minimum atomic E-state index is 0.262. The van der Waals surface area contributed by atoms with Crippen molar-refractivity contribution in [3.05, 3.63) is 35.4 Å². The molecule has 0 aromatic heterocycles. The fraction of sp³-hybridized carbons (Fsp3) is 0.650. The Morgan fingerprint density at radius 1 is 1.00 bits per heavy atom. The molecule has 0 aliphatic heterocycles. The third-order valence-electron chi connectivity index (χ3n) is 6.32. The van der Waals surface area contributed by atoms with Gasteiger partial charge in [0.05, 0.1) is 0 Å². The average Bonchev–Trinajstić information content (AvgIpc) is 2.50. The zero-order valence-electron chi connectivity index (χ0n) is 13.6. The monoisotopic (exact) mass is 297 g/mol. The molecule has 0 heterocycles. The van der Waals surface area contributed by atoms with Crippen molar-refractivity contribution in [3.63, 3.8) is 0 Å². The molecule has 1 aromatic rings. The first kappa shape index (κ1) is 14.3. The van der Waals surface area contributed by atoms with Crippen LogP contribution in [0.3, 0.4) is 0 Å². The van der Waals surface area contributed by atoms with Gasteiger partial charge in [-0.3, -0.25) is 4.79 Å². The molecule has 4 fully saturated rings. The molecule has 2 heteroatoms. The van der Waals surface area contributed by atoms with Gasteiger partial charge in [-0.25, -0.2) is 0 Å². The first-order valence-electron chi connectivity index (χ1n) is 9.02. The van der Waals surface area contributed by atoms with Gasteiger partial charge in [0.15, 0.2) is 0 Å². The normalized spacial score (nSPS) is 35.6. The Morgan fingerprint density at radius 3 is 2.18 bits per heavy atom. The molecule has 1 N–H and O–H groups in total. The van der Waals surface area contributed by atoms with Crippen molar-refractivity contribution in [3.8, 4) is 0 Å². The topological polar surface area (TPSA) is 29.1 Å². The molecular weight excluding hydrogens is 270 g/mol. The molecule has 1 aromatic carbocycles. The van der Waals surface area contributed by atoms with Crippen molar-refractivity contribution in [2.24, 2.45) is 23.7 Å². The second-order valence-electron chi connectivity index (χ2n) is 8.01. The Hall–Kier alpha value is -1.31. The predicted octanol–water partition coefficient (Wildman–Crippen LogP) is 3.87. The molecule has 22 heavy (non-hydrogen) atoms. The van der Waals surface area contributed by atoms with Gasteiger partial charge >= 0.3 is 0 Å². The second-order valence-corrected chi connectivity index (χ2v) is 8.01. The van der Waals surface area contributed by atoms with E-state index in [1.165, 1.54) is 43.2 Å². The van der Waals surface area contributed by atoms with Gasteiger partial charge < -0.3 is 5.32 Å². The van der Waals surface area contributed by atoms with Gasteiger partial charge in [0.2, 0.25) is 5.91 Å². The molecule has 5 rings (SSSR count). The van der Waals surface area contributed by atoms with Gasteiger partial charge in [-0.15, -0.1) is 0 Å². The molecular formula is C20H27NO. The maximum Gasteiger partial charge on any atom is 0.220 e. The molecule has 1 amide bonds. The van der Waals surface area contributed by atoms with Crippen molar-refractivity contribution in [2.45, 2.75) is 57.9 Å². The van der Waals surface area contributed by atoms with Crippen LogP contribution >= 0.6 is 0 Å². The molecule has 0 radical (unpaired) electrons. The third kappa shape index (κ3) is 2.80. The molecule has 4 aliphatic carbocycles. The highest BCUT2D eigenvalue weighted by atomic mass is 16.1. The van der Waals surface area contributed by atoms with Crippen LogP contribution in [0.5, 0.6) is 0 Å². The van der Waals surface area contributed by atoms with E-state index in [1.807, 2.05) is 0 Å². The largest absolute Gasteiger partial charge is 0.353 e. The molecule has 118 valence electrons. The minimum absolute atomic E-state index is 0.262. The van der Waals surface area contributed by atoms with E-state index in [-0.39, 0.29) is 5.91 Å². The number of hydrogen-bond donors (Lipinski definition) is 1. The summed E-state index contributed by atoms with van der Waals surface area (Å²) in [5.41, 5.74) is 2.55. The summed E-state index contributed by atoms with van der Waals surface area (Å²) in [7, 11) is 0. The van der Waals surface area contributed by atoms with E-state index < -0.39 is 0 Å². The van der Waals surface area contributed by atoms with Crippen LogP contribution in [0, 0.1) is 30.6 Å². The lowest BCUT2D eigenvalue weighted by molar-refractivity contribution is -0.125. The number of aryl methyl sites for hydroxylation is 2. The van der Waals surface area contributed by atoms with Gasteiger partial charge in [-0.2, -0.15) is 0 Å². The van der Waals surface area contributed by atoms with Gasteiger partial charge in [0.1, 0.15) is 0 Å². The summed E-state index contributed by atoms with van der Waals surface area (Å²) >= 11 is 0. The highest BCUT2D eigenvalue weighted by Gasteiger charge is 2.48. The van der Waals surface area contributed by atoms with Crippen molar-refractivity contribution < 1.29 is 4.79 Å². The zero-order valence-corrected chi connectivity index (χ0v) is 13.6. The SMILES string of the molecule is Cc1ccc(CCC(=O)NC2C3CC4CC(C3)CC2C4)cc1. The molecule has 4 aliphatic rings. The van der Waals surface area contributed by atoms with E-state index in [9.17, 15) is 4.79 Å². The van der Waals surface area contributed by atoms with Crippen LogP contribution in [-0.4, -0.2) is 11.9 Å². The van der Waals surface area contributed by atoms with E-state index in [0.717, 1.165) is 30.1 Å². The Balaban J connectivity index is 1.31. The quantitative estimate of drug-likeness (QED) is 0.898. The number of carbonyl (C=O) groups excluding carboxylic acids is 1. The van der Waals surface area contributed by atoms with E-state index >= 15 is 0 Å². The summed E-state index contributed by atoms with van der Waals surface area (Å²) in [6.07, 6.45) is 8.45. The molecule has 0 spiro atoms. The van der Waals surface area contributed by atoms with Crippen LogP contribution in [0.2, 0.25) is 0 Å². The molecule has 2 nitrogen and oxygen atoms in total. The summed E-state index contributed by atoms with van der Waals surface area (Å²) in [4.78, 5) is 12.4. The number of nitrogens with one attached hydrogen (secondary N) is 1. The van der Waals surface area contributed by atoms with Gasteiger partial charge in [-0.05, 0) is 74.7 Å². The third-order valence-corrected chi connectivity index (χ3v) is 6.32. The fourth-order valence-electron chi connectivity index (χ4n) is 5.43. The Morgan fingerprint density at radius 2 is 1.59 bits per heavy atom. The van der Waals surface area contributed by atoms with Gasteiger partial charge in [0, 0.05) is 12.5 Å². The minimum Gasteiger partial charge on any atom is -0.353 e. The second kappa shape index (κ2) is 5.72. The van der Waals surface area contributed by atoms with Crippen LogP contribution in [0.1, 0.15) is 49.7 Å². The molecule has 0 atom stereocenters. The number of benzene rings is 1. The highest BCUT2D eigenvalue weighted by molar-refractivity contribution is 5.76. The Bertz CT molecular complexity index is 519. The van der Waals surface area contributed by atoms with Gasteiger partial charge in [0.25, 0.3) is 0 Å². The van der Waals surface area contributed by atoms with Crippen molar-refractivity contribution in [2.75, 3.05) is 0 Å². The first-order chi connectivity index (χ1) is 10.7. The first-order valence-corrected chi connectivity index (χ1v) is 9.02. The van der Waals surface area contributed by atoms with Crippen LogP contribution in [0.25, 0.3) is 0 Å². The standard InChI is InChI=1S/C20H27NO/c1-13-2-4-14(5-3-13)6-7-19(22)21-20-17-9-15-8-16(11-17)12-18(20)10-15/h2-5,15-18,20H,6-12H2,1H3,(H,21,22). The summed E-state index contributed by atoms with van der Waals surface area (Å²) in [5, 5.41) is 3.40. The van der Waals surface area contributed by atoms with E-state index in [1.54, 1.807) is 0 Å². The van der Waals surface area contributed by atoms with Crippen molar-refractivity contribution in [1.82, 2.24) is 5.32 Å². The van der Waals surface area contributed by atoms with Crippen LogP contribution in [0.4, 0.5) is 0 Å². The Labute approximate surface area is 133 Å². The maximum atomic E-state index is 12.4. The highest BCUT2D eigenvalue weighted by Crippen LogP contribution is 2.53. The number of hydrogen-bond acceptors (Lipinski definition) is 1. The molecule has 0 unspecified atom stereocenters. The van der Waals surface area contributed by atoms with Crippen molar-refractivity contribution in [1.29, 1.82) is 0 Å². The maximum absolute atomic E-state index is 12.4. The van der Waals surface area contributed by atoms with E-state index in [2.05, 4.69) is 36.5 Å². The number of rotatable bonds is 4. The van der Waals surface area contributed by atoms with Crippen LogP contribution in [-0.2, 0) is 11.2 Å². The van der Waals surface area contributed by atoms with Crippen LogP contribution in [0.15, 0.2) is 24.3 Å². The summed E-state index contributed by atoms with van der Waals surface area (Å²) in [6.45, 7) is 2.10.